The third-order valence-electron chi connectivity index (χ3n) is 2.63. The van der Waals surface area contributed by atoms with Crippen LogP contribution < -0.4 is 0 Å². The molecular weight excluding hydrogens is 273 g/mol. The van der Waals surface area contributed by atoms with Crippen molar-refractivity contribution in [2.45, 2.75) is 18.1 Å². The standard InChI is InChI=1S/C13H12F3N2S/c1-3-19-11-8-17-12(18(11)2)9-4-6-10(7-5-9)13(14,15)16/h4-7H,3H2,1-2H3. The lowest BCUT2D eigenvalue weighted by molar-refractivity contribution is -0.137. The van der Waals surface area contributed by atoms with E-state index in [-0.39, 0.29) is 0 Å². The molecule has 2 nitrogen and oxygen atoms in total. The third-order valence-corrected chi connectivity index (χ3v) is 3.56. The molecule has 2 rings (SSSR count). The van der Waals surface area contributed by atoms with E-state index in [1.165, 1.54) is 12.1 Å². The van der Waals surface area contributed by atoms with Crippen molar-refractivity contribution in [3.8, 4) is 11.4 Å². The Morgan fingerprint density at radius 1 is 1.26 bits per heavy atom. The number of alkyl halides is 3. The van der Waals surface area contributed by atoms with Gasteiger partial charge in [0.2, 0.25) is 0 Å². The summed E-state index contributed by atoms with van der Waals surface area (Å²) in [6.45, 7) is 2.02. The summed E-state index contributed by atoms with van der Waals surface area (Å²) >= 11 is 1.59. The molecule has 0 aliphatic carbocycles. The summed E-state index contributed by atoms with van der Waals surface area (Å²) in [6.07, 6.45) is -1.44. The number of hydrogen-bond donors (Lipinski definition) is 0. The summed E-state index contributed by atoms with van der Waals surface area (Å²) in [5.74, 6) is 1.51. The molecule has 0 N–H and O–H groups in total. The first-order valence-corrected chi connectivity index (χ1v) is 6.67. The van der Waals surface area contributed by atoms with E-state index in [2.05, 4.69) is 11.2 Å². The number of halogens is 3. The Labute approximate surface area is 113 Å². The van der Waals surface area contributed by atoms with Gasteiger partial charge < -0.3 is 4.57 Å². The second-order valence-electron chi connectivity index (χ2n) is 3.92. The van der Waals surface area contributed by atoms with Gasteiger partial charge >= 0.3 is 6.18 Å². The number of benzene rings is 1. The van der Waals surface area contributed by atoms with Gasteiger partial charge in [-0.15, -0.1) is 11.8 Å². The first-order chi connectivity index (χ1) is 8.93. The molecule has 1 radical (unpaired) electrons. The fraction of sp³-hybridized carbons (Fsp3) is 0.308. The zero-order valence-electron chi connectivity index (χ0n) is 10.5. The molecule has 0 amide bonds. The van der Waals surface area contributed by atoms with Gasteiger partial charge in [0, 0.05) is 12.6 Å². The maximum atomic E-state index is 12.5. The predicted octanol–water partition coefficient (Wildman–Crippen LogP) is 4.02. The van der Waals surface area contributed by atoms with Crippen LogP contribution in [0.25, 0.3) is 11.4 Å². The molecule has 0 atom stereocenters. The van der Waals surface area contributed by atoms with Crippen LogP contribution in [-0.4, -0.2) is 15.3 Å². The lowest BCUT2D eigenvalue weighted by atomic mass is 10.1. The van der Waals surface area contributed by atoms with Crippen molar-refractivity contribution in [3.05, 3.63) is 36.0 Å². The van der Waals surface area contributed by atoms with Crippen LogP contribution in [0, 0.1) is 6.20 Å². The molecule has 0 bridgehead atoms. The quantitative estimate of drug-likeness (QED) is 0.793. The van der Waals surface area contributed by atoms with Gasteiger partial charge in [-0.2, -0.15) is 13.2 Å². The predicted molar refractivity (Wildman–Crippen MR) is 68.9 cm³/mol. The van der Waals surface area contributed by atoms with E-state index in [1.54, 1.807) is 11.8 Å². The van der Waals surface area contributed by atoms with Crippen LogP contribution in [0.1, 0.15) is 12.5 Å². The van der Waals surface area contributed by atoms with Crippen LogP contribution in [0.5, 0.6) is 0 Å². The molecule has 0 aliphatic heterocycles. The van der Waals surface area contributed by atoms with E-state index in [9.17, 15) is 13.2 Å². The van der Waals surface area contributed by atoms with E-state index in [0.717, 1.165) is 22.9 Å². The van der Waals surface area contributed by atoms with Crippen molar-refractivity contribution in [3.63, 3.8) is 0 Å². The van der Waals surface area contributed by atoms with Crippen molar-refractivity contribution in [2.75, 3.05) is 5.75 Å². The summed E-state index contributed by atoms with van der Waals surface area (Å²) in [6, 6.07) is 4.99. The maximum Gasteiger partial charge on any atom is 0.416 e. The Morgan fingerprint density at radius 3 is 2.42 bits per heavy atom. The highest BCUT2D eigenvalue weighted by Gasteiger charge is 2.30. The Hall–Kier alpha value is -1.43. The van der Waals surface area contributed by atoms with Crippen molar-refractivity contribution in [1.82, 2.24) is 9.55 Å². The fourth-order valence-electron chi connectivity index (χ4n) is 1.68. The van der Waals surface area contributed by atoms with Crippen LogP contribution in [-0.2, 0) is 13.2 Å². The molecule has 0 spiro atoms. The molecule has 19 heavy (non-hydrogen) atoms. The highest BCUT2D eigenvalue weighted by Crippen LogP contribution is 2.31. The summed E-state index contributed by atoms with van der Waals surface area (Å²) < 4.78 is 39.3. The van der Waals surface area contributed by atoms with Crippen LogP contribution in [0.4, 0.5) is 13.2 Å². The number of hydrogen-bond acceptors (Lipinski definition) is 2. The first-order valence-electron chi connectivity index (χ1n) is 5.68. The SMILES string of the molecule is CCSc1[c]nc(-c2ccc(C(F)(F)F)cc2)n1C. The molecule has 0 saturated heterocycles. The van der Waals surface area contributed by atoms with Gasteiger partial charge in [-0.1, -0.05) is 19.1 Å². The Bertz CT molecular complexity index is 558. The normalized spacial score (nSPS) is 11.8. The van der Waals surface area contributed by atoms with Crippen molar-refractivity contribution >= 4 is 11.8 Å². The zero-order valence-corrected chi connectivity index (χ0v) is 11.3. The number of thioether (sulfide) groups is 1. The van der Waals surface area contributed by atoms with E-state index in [4.69, 9.17) is 0 Å². The Balaban J connectivity index is 2.32. The van der Waals surface area contributed by atoms with Crippen LogP contribution in [0.2, 0.25) is 0 Å². The smallest absolute Gasteiger partial charge is 0.322 e. The van der Waals surface area contributed by atoms with Gasteiger partial charge in [-0.25, -0.2) is 4.98 Å². The highest BCUT2D eigenvalue weighted by atomic mass is 32.2. The van der Waals surface area contributed by atoms with Gasteiger partial charge in [0.05, 0.1) is 5.56 Å². The van der Waals surface area contributed by atoms with Crippen molar-refractivity contribution in [2.24, 2.45) is 7.05 Å². The van der Waals surface area contributed by atoms with E-state index in [1.807, 2.05) is 18.5 Å². The molecule has 1 aromatic carbocycles. The lowest BCUT2D eigenvalue weighted by Gasteiger charge is -2.08. The van der Waals surface area contributed by atoms with Gasteiger partial charge in [-0.3, -0.25) is 0 Å². The molecular formula is C13H12F3N2S. The van der Waals surface area contributed by atoms with Crippen LogP contribution in [0.15, 0.2) is 29.3 Å². The van der Waals surface area contributed by atoms with Gasteiger partial charge in [0.15, 0.2) is 0 Å². The second kappa shape index (κ2) is 5.28. The molecule has 0 unspecified atom stereocenters. The lowest BCUT2D eigenvalue weighted by Crippen LogP contribution is -2.04. The van der Waals surface area contributed by atoms with Gasteiger partial charge in [0.1, 0.15) is 17.0 Å². The molecule has 0 aliphatic rings. The Morgan fingerprint density at radius 2 is 1.89 bits per heavy atom. The molecule has 1 aromatic heterocycles. The van der Waals surface area contributed by atoms with Crippen molar-refractivity contribution in [1.29, 1.82) is 0 Å². The number of aromatic nitrogens is 2. The van der Waals surface area contributed by atoms with E-state index < -0.39 is 11.7 Å². The van der Waals surface area contributed by atoms with Gasteiger partial charge in [-0.05, 0) is 17.9 Å². The average Bonchev–Trinajstić information content (AvgIpc) is 2.71. The summed E-state index contributed by atoms with van der Waals surface area (Å²) in [4.78, 5) is 4.13. The minimum Gasteiger partial charge on any atom is -0.322 e. The fourth-order valence-corrected chi connectivity index (χ4v) is 2.34. The van der Waals surface area contributed by atoms with E-state index in [0.29, 0.717) is 11.4 Å². The molecule has 1 heterocycles. The summed E-state index contributed by atoms with van der Waals surface area (Å²) in [5, 5.41) is 0.873. The maximum absolute atomic E-state index is 12.5. The third kappa shape index (κ3) is 2.94. The summed E-state index contributed by atoms with van der Waals surface area (Å²) in [5.41, 5.74) is -0.00713. The monoisotopic (exact) mass is 285 g/mol. The highest BCUT2D eigenvalue weighted by molar-refractivity contribution is 7.99. The first kappa shape index (κ1) is 14.0. The molecule has 0 saturated carbocycles. The van der Waals surface area contributed by atoms with Crippen molar-refractivity contribution < 1.29 is 13.2 Å². The summed E-state index contributed by atoms with van der Waals surface area (Å²) in [7, 11) is 1.83. The average molecular weight is 285 g/mol. The minimum absolute atomic E-state index is 0.615. The van der Waals surface area contributed by atoms with Crippen LogP contribution in [0.3, 0.4) is 0 Å². The number of imidazole rings is 1. The Kier molecular flexibility index (Phi) is 3.89. The number of nitrogens with zero attached hydrogens (tertiary/aromatic N) is 2. The van der Waals surface area contributed by atoms with Gasteiger partial charge in [0.25, 0.3) is 0 Å². The molecule has 101 valence electrons. The molecule has 6 heteroatoms. The molecule has 2 aromatic rings. The molecule has 0 fully saturated rings. The number of rotatable bonds is 3. The zero-order chi connectivity index (χ0) is 14.0. The minimum atomic E-state index is -4.31. The van der Waals surface area contributed by atoms with Crippen LogP contribution >= 0.6 is 11.8 Å². The topological polar surface area (TPSA) is 17.8 Å². The largest absolute Gasteiger partial charge is 0.416 e. The van der Waals surface area contributed by atoms with E-state index >= 15 is 0 Å². The second-order valence-corrected chi connectivity index (χ2v) is 5.17.